The highest BCUT2D eigenvalue weighted by Crippen LogP contribution is 2.22. The third-order valence-corrected chi connectivity index (χ3v) is 2.76. The summed E-state index contributed by atoms with van der Waals surface area (Å²) in [5.41, 5.74) is 1.41. The number of benzene rings is 1. The van der Waals surface area contributed by atoms with Gasteiger partial charge in [0.15, 0.2) is 0 Å². The number of halogens is 2. The molecule has 0 fully saturated rings. The van der Waals surface area contributed by atoms with Crippen LogP contribution in [0.25, 0.3) is 0 Å². The van der Waals surface area contributed by atoms with Crippen molar-refractivity contribution in [3.63, 3.8) is 0 Å². The van der Waals surface area contributed by atoms with Gasteiger partial charge in [-0.3, -0.25) is 9.59 Å². The van der Waals surface area contributed by atoms with E-state index in [0.29, 0.717) is 10.7 Å². The van der Waals surface area contributed by atoms with Crippen LogP contribution in [-0.2, 0) is 9.59 Å². The van der Waals surface area contributed by atoms with Crippen molar-refractivity contribution < 1.29 is 9.59 Å². The molecular formula is C11H12Cl2N2O2. The largest absolute Gasteiger partial charge is 0.346 e. The smallest absolute Gasteiger partial charge is 0.243 e. The van der Waals surface area contributed by atoms with Gasteiger partial charge in [0, 0.05) is 10.7 Å². The monoisotopic (exact) mass is 274 g/mol. The zero-order valence-electron chi connectivity index (χ0n) is 9.22. The molecule has 1 rings (SSSR count). The molecule has 92 valence electrons. The van der Waals surface area contributed by atoms with Crippen LogP contribution in [0.5, 0.6) is 0 Å². The van der Waals surface area contributed by atoms with Crippen LogP contribution in [0.1, 0.15) is 5.56 Å². The van der Waals surface area contributed by atoms with Crippen LogP contribution in [-0.4, -0.2) is 24.2 Å². The van der Waals surface area contributed by atoms with Crippen LogP contribution < -0.4 is 10.6 Å². The molecule has 0 aliphatic carbocycles. The fourth-order valence-electron chi connectivity index (χ4n) is 1.16. The van der Waals surface area contributed by atoms with Crippen LogP contribution in [0, 0.1) is 6.92 Å². The first-order valence-electron chi connectivity index (χ1n) is 4.92. The number of carbonyl (C=O) groups is 2. The molecule has 4 nitrogen and oxygen atoms in total. The van der Waals surface area contributed by atoms with Gasteiger partial charge in [-0.15, -0.1) is 11.6 Å². The molecule has 2 N–H and O–H groups in total. The van der Waals surface area contributed by atoms with E-state index in [0.717, 1.165) is 5.56 Å². The Labute approximate surface area is 109 Å². The standard InChI is InChI=1S/C11H12Cl2N2O2/c1-7-8(13)3-2-4-9(7)15-11(17)6-14-10(16)5-12/h2-4H,5-6H2,1H3,(H,14,16)(H,15,17). The minimum Gasteiger partial charge on any atom is -0.346 e. The third-order valence-electron chi connectivity index (χ3n) is 2.11. The highest BCUT2D eigenvalue weighted by molar-refractivity contribution is 6.31. The van der Waals surface area contributed by atoms with Crippen LogP contribution >= 0.6 is 23.2 Å². The molecule has 0 aliphatic heterocycles. The normalized spacial score (nSPS) is 9.82. The molecule has 0 bridgehead atoms. The van der Waals surface area contributed by atoms with Crippen molar-refractivity contribution in [1.82, 2.24) is 5.32 Å². The van der Waals surface area contributed by atoms with Gasteiger partial charge in [0.2, 0.25) is 11.8 Å². The molecule has 1 aromatic rings. The number of amides is 2. The number of anilines is 1. The maximum absolute atomic E-state index is 11.5. The van der Waals surface area contributed by atoms with Crippen molar-refractivity contribution in [2.45, 2.75) is 6.92 Å². The lowest BCUT2D eigenvalue weighted by Crippen LogP contribution is -2.33. The number of carbonyl (C=O) groups excluding carboxylic acids is 2. The predicted octanol–water partition coefficient (Wildman–Crippen LogP) is 1.94. The first-order chi connectivity index (χ1) is 8.04. The molecule has 0 aromatic heterocycles. The number of alkyl halides is 1. The van der Waals surface area contributed by atoms with Crippen LogP contribution in [0.2, 0.25) is 5.02 Å². The summed E-state index contributed by atoms with van der Waals surface area (Å²) in [4.78, 5) is 22.3. The minimum atomic E-state index is -0.385. The zero-order chi connectivity index (χ0) is 12.8. The number of hydrogen-bond donors (Lipinski definition) is 2. The lowest BCUT2D eigenvalue weighted by Gasteiger charge is -2.09. The van der Waals surface area contributed by atoms with Crippen molar-refractivity contribution in [3.8, 4) is 0 Å². The minimum absolute atomic E-state index is 0.114. The maximum atomic E-state index is 11.5. The topological polar surface area (TPSA) is 58.2 Å². The van der Waals surface area contributed by atoms with Gasteiger partial charge in [-0.25, -0.2) is 0 Å². The van der Waals surface area contributed by atoms with Gasteiger partial charge in [-0.2, -0.15) is 0 Å². The Morgan fingerprint density at radius 2 is 2.00 bits per heavy atom. The quantitative estimate of drug-likeness (QED) is 0.825. The Morgan fingerprint density at radius 1 is 1.29 bits per heavy atom. The third kappa shape index (κ3) is 4.24. The number of rotatable bonds is 4. The summed E-state index contributed by atoms with van der Waals surface area (Å²) in [6.07, 6.45) is 0. The molecule has 2 amide bonds. The molecule has 0 spiro atoms. The predicted molar refractivity (Wildman–Crippen MR) is 68.5 cm³/mol. The summed E-state index contributed by atoms with van der Waals surface area (Å²) in [5, 5.41) is 5.60. The summed E-state index contributed by atoms with van der Waals surface area (Å²) in [5.74, 6) is -0.873. The van der Waals surface area contributed by atoms with Crippen molar-refractivity contribution in [2.24, 2.45) is 0 Å². The van der Waals surface area contributed by atoms with E-state index in [9.17, 15) is 9.59 Å². The Balaban J connectivity index is 2.56. The van der Waals surface area contributed by atoms with Gasteiger partial charge >= 0.3 is 0 Å². The van der Waals surface area contributed by atoms with Crippen LogP contribution in [0.3, 0.4) is 0 Å². The van der Waals surface area contributed by atoms with Gasteiger partial charge < -0.3 is 10.6 Å². The van der Waals surface area contributed by atoms with E-state index in [4.69, 9.17) is 23.2 Å². The summed E-state index contributed by atoms with van der Waals surface area (Å²) < 4.78 is 0. The van der Waals surface area contributed by atoms with Gasteiger partial charge in [0.25, 0.3) is 0 Å². The van der Waals surface area contributed by atoms with E-state index in [1.807, 2.05) is 0 Å². The average molecular weight is 275 g/mol. The molecule has 0 saturated heterocycles. The van der Waals surface area contributed by atoms with Gasteiger partial charge in [0.1, 0.15) is 5.88 Å². The van der Waals surface area contributed by atoms with E-state index in [1.54, 1.807) is 25.1 Å². The Morgan fingerprint density at radius 3 is 2.65 bits per heavy atom. The van der Waals surface area contributed by atoms with Crippen molar-refractivity contribution in [1.29, 1.82) is 0 Å². The zero-order valence-corrected chi connectivity index (χ0v) is 10.7. The molecule has 1 aromatic carbocycles. The lowest BCUT2D eigenvalue weighted by molar-refractivity contribution is -0.122. The van der Waals surface area contributed by atoms with Crippen molar-refractivity contribution in [2.75, 3.05) is 17.7 Å². The fraction of sp³-hybridized carbons (Fsp3) is 0.273. The molecule has 6 heteroatoms. The molecule has 0 aliphatic rings. The summed E-state index contributed by atoms with van der Waals surface area (Å²) in [6.45, 7) is 1.69. The Bertz CT molecular complexity index is 435. The summed E-state index contributed by atoms with van der Waals surface area (Å²) >= 11 is 11.2. The first kappa shape index (κ1) is 13.8. The number of nitrogens with one attached hydrogen (secondary N) is 2. The van der Waals surface area contributed by atoms with Crippen LogP contribution in [0.4, 0.5) is 5.69 Å². The van der Waals surface area contributed by atoms with Gasteiger partial charge in [-0.1, -0.05) is 17.7 Å². The highest BCUT2D eigenvalue weighted by atomic mass is 35.5. The lowest BCUT2D eigenvalue weighted by atomic mass is 10.2. The van der Waals surface area contributed by atoms with Gasteiger partial charge in [0.05, 0.1) is 6.54 Å². The Hall–Kier alpha value is -1.26. The van der Waals surface area contributed by atoms with E-state index in [1.165, 1.54) is 0 Å². The van der Waals surface area contributed by atoms with Crippen LogP contribution in [0.15, 0.2) is 18.2 Å². The van der Waals surface area contributed by atoms with E-state index in [2.05, 4.69) is 10.6 Å². The summed E-state index contributed by atoms with van der Waals surface area (Å²) in [7, 11) is 0. The van der Waals surface area contributed by atoms with E-state index < -0.39 is 0 Å². The Kier molecular flexibility index (Phi) is 5.25. The second-order valence-corrected chi connectivity index (χ2v) is 4.05. The molecule has 0 saturated carbocycles. The molecule has 17 heavy (non-hydrogen) atoms. The van der Waals surface area contributed by atoms with Gasteiger partial charge in [-0.05, 0) is 24.6 Å². The SMILES string of the molecule is Cc1c(Cl)cccc1NC(=O)CNC(=O)CCl. The highest BCUT2D eigenvalue weighted by Gasteiger charge is 2.07. The fourth-order valence-corrected chi connectivity index (χ4v) is 1.43. The van der Waals surface area contributed by atoms with E-state index >= 15 is 0 Å². The maximum Gasteiger partial charge on any atom is 0.243 e. The van der Waals surface area contributed by atoms with Crippen molar-refractivity contribution in [3.05, 3.63) is 28.8 Å². The molecule has 0 atom stereocenters. The van der Waals surface area contributed by atoms with E-state index in [-0.39, 0.29) is 24.2 Å². The average Bonchev–Trinajstić information content (AvgIpc) is 2.32. The molecule has 0 radical (unpaired) electrons. The summed E-state index contributed by atoms with van der Waals surface area (Å²) in [6, 6.07) is 5.21. The molecule has 0 heterocycles. The number of hydrogen-bond acceptors (Lipinski definition) is 2. The second kappa shape index (κ2) is 6.47. The molecule has 0 unspecified atom stereocenters. The second-order valence-electron chi connectivity index (χ2n) is 3.37. The first-order valence-corrected chi connectivity index (χ1v) is 5.83. The molecular weight excluding hydrogens is 263 g/mol. The van der Waals surface area contributed by atoms with Crippen molar-refractivity contribution >= 4 is 40.7 Å².